The molecular weight excluding hydrogens is 482 g/mol. The lowest BCUT2D eigenvalue weighted by Gasteiger charge is -2.29. The lowest BCUT2D eigenvalue weighted by molar-refractivity contribution is -0.116. The zero-order chi connectivity index (χ0) is 25.9. The van der Waals surface area contributed by atoms with Crippen LogP contribution >= 0.6 is 12.2 Å². The number of aromatic nitrogens is 2. The van der Waals surface area contributed by atoms with Gasteiger partial charge in [-0.2, -0.15) is 0 Å². The number of rotatable bonds is 7. The molecule has 1 amide bonds. The highest BCUT2D eigenvalue weighted by molar-refractivity contribution is 7.80. The van der Waals surface area contributed by atoms with Crippen LogP contribution in [0.25, 0.3) is 5.69 Å². The van der Waals surface area contributed by atoms with E-state index < -0.39 is 0 Å². The van der Waals surface area contributed by atoms with E-state index in [0.717, 1.165) is 33.9 Å². The van der Waals surface area contributed by atoms with Crippen LogP contribution in [0.2, 0.25) is 0 Å². The van der Waals surface area contributed by atoms with Crippen LogP contribution in [0.4, 0.5) is 5.69 Å². The van der Waals surface area contributed by atoms with Crippen LogP contribution in [0.1, 0.15) is 41.0 Å². The fourth-order valence-corrected chi connectivity index (χ4v) is 5.09. The summed E-state index contributed by atoms with van der Waals surface area (Å²) < 4.78 is 2.08. The van der Waals surface area contributed by atoms with Crippen LogP contribution < -0.4 is 10.6 Å². The van der Waals surface area contributed by atoms with E-state index in [9.17, 15) is 9.90 Å². The van der Waals surface area contributed by atoms with Gasteiger partial charge in [-0.15, -0.1) is 0 Å². The van der Waals surface area contributed by atoms with Crippen molar-refractivity contribution in [2.75, 3.05) is 11.9 Å². The predicted molar refractivity (Wildman–Crippen MR) is 149 cm³/mol. The standard InChI is InChI=1S/C29H29N5O2S/c1-19-8-9-20(2)24(18-19)31-26(36)14-17-34-28(27(32-29(34)37)23-6-3-4-15-30-23)25-7-5-16-33(25)21-10-12-22(35)13-11-21/h3-13,15-16,18,27-28,35H,14,17H2,1-2H3,(H,31,36)(H,32,37)/t27-,28-/m0/s1. The molecule has 1 aliphatic rings. The van der Waals surface area contributed by atoms with Gasteiger partial charge in [-0.05, 0) is 91.8 Å². The van der Waals surface area contributed by atoms with Gasteiger partial charge in [0.25, 0.3) is 0 Å². The van der Waals surface area contributed by atoms with Crippen LogP contribution in [0.5, 0.6) is 5.75 Å². The topological polar surface area (TPSA) is 82.4 Å². The van der Waals surface area contributed by atoms with E-state index in [2.05, 4.69) is 31.2 Å². The smallest absolute Gasteiger partial charge is 0.226 e. The molecule has 0 saturated carbocycles. The fourth-order valence-electron chi connectivity index (χ4n) is 4.76. The average Bonchev–Trinajstić information content (AvgIpc) is 3.50. The van der Waals surface area contributed by atoms with Gasteiger partial charge >= 0.3 is 0 Å². The Kier molecular flexibility index (Phi) is 6.92. The first kappa shape index (κ1) is 24.5. The molecule has 0 bridgehead atoms. The summed E-state index contributed by atoms with van der Waals surface area (Å²) in [6, 6.07) is 22.6. The summed E-state index contributed by atoms with van der Waals surface area (Å²) in [5.74, 6) is 0.148. The summed E-state index contributed by atoms with van der Waals surface area (Å²) in [5.41, 5.74) is 5.75. The minimum absolute atomic E-state index is 0.0644. The summed E-state index contributed by atoms with van der Waals surface area (Å²) in [5, 5.41) is 16.9. The fraction of sp³-hybridized carbons (Fsp3) is 0.207. The Labute approximate surface area is 221 Å². The Morgan fingerprint density at radius 1 is 1.08 bits per heavy atom. The molecule has 37 heavy (non-hydrogen) atoms. The van der Waals surface area contributed by atoms with Crippen LogP contribution in [-0.2, 0) is 4.79 Å². The molecule has 2 aromatic carbocycles. The first-order valence-electron chi connectivity index (χ1n) is 12.2. The average molecular weight is 512 g/mol. The van der Waals surface area contributed by atoms with Crippen LogP contribution in [0.3, 0.4) is 0 Å². The van der Waals surface area contributed by atoms with E-state index >= 15 is 0 Å². The van der Waals surface area contributed by atoms with Gasteiger partial charge in [0.05, 0.1) is 17.8 Å². The van der Waals surface area contributed by atoms with Crippen LogP contribution in [0.15, 0.2) is 85.2 Å². The number of pyridine rings is 1. The number of nitrogens with zero attached hydrogens (tertiary/aromatic N) is 3. The van der Waals surface area contributed by atoms with Gasteiger partial charge in [-0.1, -0.05) is 18.2 Å². The lowest BCUT2D eigenvalue weighted by Crippen LogP contribution is -2.33. The number of anilines is 1. The zero-order valence-corrected chi connectivity index (χ0v) is 21.6. The molecule has 2 atom stereocenters. The first-order valence-corrected chi connectivity index (χ1v) is 12.6. The normalized spacial score (nSPS) is 17.0. The molecule has 0 unspecified atom stereocenters. The van der Waals surface area contributed by atoms with E-state index in [1.54, 1.807) is 18.3 Å². The molecule has 0 spiro atoms. The van der Waals surface area contributed by atoms with Gasteiger partial charge in [0, 0.05) is 42.4 Å². The van der Waals surface area contributed by atoms with Gasteiger partial charge in [0.15, 0.2) is 5.11 Å². The van der Waals surface area contributed by atoms with Gasteiger partial charge in [-0.3, -0.25) is 9.78 Å². The number of carbonyl (C=O) groups is 1. The summed E-state index contributed by atoms with van der Waals surface area (Å²) in [6.07, 6.45) is 4.04. The third-order valence-electron chi connectivity index (χ3n) is 6.66. The van der Waals surface area contributed by atoms with Crippen molar-refractivity contribution in [2.45, 2.75) is 32.4 Å². The second-order valence-corrected chi connectivity index (χ2v) is 9.64. The van der Waals surface area contributed by atoms with E-state index in [1.807, 2.05) is 74.6 Å². The number of aromatic hydroxyl groups is 1. The Morgan fingerprint density at radius 2 is 1.89 bits per heavy atom. The highest BCUT2D eigenvalue weighted by atomic mass is 32.1. The second kappa shape index (κ2) is 10.4. The molecule has 1 saturated heterocycles. The molecule has 8 heteroatoms. The molecule has 7 nitrogen and oxygen atoms in total. The molecular formula is C29H29N5O2S. The second-order valence-electron chi connectivity index (χ2n) is 9.26. The van der Waals surface area contributed by atoms with Crippen molar-refractivity contribution in [1.29, 1.82) is 0 Å². The summed E-state index contributed by atoms with van der Waals surface area (Å²) in [4.78, 5) is 19.6. The van der Waals surface area contributed by atoms with E-state index in [0.29, 0.717) is 11.7 Å². The predicted octanol–water partition coefficient (Wildman–Crippen LogP) is 5.20. The minimum atomic E-state index is -0.195. The van der Waals surface area contributed by atoms with Crippen molar-refractivity contribution in [3.8, 4) is 11.4 Å². The maximum Gasteiger partial charge on any atom is 0.226 e. The minimum Gasteiger partial charge on any atom is -0.508 e. The van der Waals surface area contributed by atoms with Gasteiger partial charge < -0.3 is 25.2 Å². The number of thiocarbonyl (C=S) groups is 1. The molecule has 0 aliphatic carbocycles. The number of hydrogen-bond acceptors (Lipinski definition) is 4. The molecule has 5 rings (SSSR count). The molecule has 1 aliphatic heterocycles. The monoisotopic (exact) mass is 511 g/mol. The molecule has 3 N–H and O–H groups in total. The van der Waals surface area contributed by atoms with Crippen molar-refractivity contribution >= 4 is 28.9 Å². The SMILES string of the molecule is Cc1ccc(C)c(NC(=O)CCN2C(=S)N[C@@H](c3ccccn3)[C@@H]2c2cccn2-c2ccc(O)cc2)c1. The summed E-state index contributed by atoms with van der Waals surface area (Å²) in [6.45, 7) is 4.44. The number of phenols is 1. The summed E-state index contributed by atoms with van der Waals surface area (Å²) >= 11 is 5.78. The molecule has 4 aromatic rings. The largest absolute Gasteiger partial charge is 0.508 e. The number of aryl methyl sites for hydroxylation is 2. The molecule has 0 radical (unpaired) electrons. The van der Waals surface area contributed by atoms with E-state index in [4.69, 9.17) is 12.2 Å². The van der Waals surface area contributed by atoms with Gasteiger partial charge in [0.2, 0.25) is 5.91 Å². The third-order valence-corrected chi connectivity index (χ3v) is 7.01. The molecule has 188 valence electrons. The third kappa shape index (κ3) is 5.20. The molecule has 1 fully saturated rings. The number of amides is 1. The Hall–Kier alpha value is -4.17. The van der Waals surface area contributed by atoms with Crippen LogP contribution in [-0.4, -0.2) is 37.1 Å². The molecule has 3 heterocycles. The quantitative estimate of drug-likeness (QED) is 0.296. The van der Waals surface area contributed by atoms with Gasteiger partial charge in [-0.25, -0.2) is 0 Å². The van der Waals surface area contributed by atoms with Crippen molar-refractivity contribution in [2.24, 2.45) is 0 Å². The van der Waals surface area contributed by atoms with Crippen LogP contribution in [0, 0.1) is 13.8 Å². The van der Waals surface area contributed by atoms with Gasteiger partial charge in [0.1, 0.15) is 5.75 Å². The maximum absolute atomic E-state index is 13.0. The highest BCUT2D eigenvalue weighted by Crippen LogP contribution is 2.39. The number of benzene rings is 2. The Bertz CT molecular complexity index is 1420. The van der Waals surface area contributed by atoms with E-state index in [1.165, 1.54) is 0 Å². The molecule has 2 aromatic heterocycles. The van der Waals surface area contributed by atoms with E-state index in [-0.39, 0.29) is 30.2 Å². The zero-order valence-electron chi connectivity index (χ0n) is 20.8. The highest BCUT2D eigenvalue weighted by Gasteiger charge is 2.41. The number of phenolic OH excluding ortho intramolecular Hbond substituents is 1. The Balaban J connectivity index is 1.44. The van der Waals surface area contributed by atoms with Crippen molar-refractivity contribution in [1.82, 2.24) is 19.8 Å². The number of hydrogen-bond donors (Lipinski definition) is 3. The maximum atomic E-state index is 13.0. The summed E-state index contributed by atoms with van der Waals surface area (Å²) in [7, 11) is 0. The number of nitrogens with one attached hydrogen (secondary N) is 2. The van der Waals surface area contributed by atoms with Crippen molar-refractivity contribution < 1.29 is 9.90 Å². The number of carbonyl (C=O) groups excluding carboxylic acids is 1. The van der Waals surface area contributed by atoms with Crippen molar-refractivity contribution in [3.63, 3.8) is 0 Å². The Morgan fingerprint density at radius 3 is 2.65 bits per heavy atom. The van der Waals surface area contributed by atoms with Crippen molar-refractivity contribution in [3.05, 3.63) is 108 Å². The first-order chi connectivity index (χ1) is 17.9. The lowest BCUT2D eigenvalue weighted by atomic mass is 10.0.